The number of phenolic OH excluding ortho intramolecular Hbond substituents is 1. The van der Waals surface area contributed by atoms with Crippen LogP contribution in [0.3, 0.4) is 0 Å². The fourth-order valence-corrected chi connectivity index (χ4v) is 2.87. The van der Waals surface area contributed by atoms with Crippen LogP contribution in [0.1, 0.15) is 63.5 Å². The molecule has 5 heteroatoms. The zero-order valence-electron chi connectivity index (χ0n) is 15.1. The Hall–Kier alpha value is -1.58. The number of azo groups is 1. The predicted octanol–water partition coefficient (Wildman–Crippen LogP) is 8.14. The molecule has 1 N–H and O–H groups in total. The molecule has 2 aromatic carbocycles. The zero-order chi connectivity index (χ0) is 18.6. The standard InChI is InChI=1S/C20H24Cl2N2O/c1-5-12(3)16-9-15(10-17(20(16)25)13(4)6-2)24-23-14-7-8-18(21)19(22)11-14/h7-13,25H,5-6H2,1-4H3/b24-23+. The number of phenols is 1. The van der Waals surface area contributed by atoms with E-state index in [9.17, 15) is 5.11 Å². The third kappa shape index (κ3) is 4.74. The number of hydrogen-bond acceptors (Lipinski definition) is 3. The minimum Gasteiger partial charge on any atom is -0.507 e. The molecular formula is C20H24Cl2N2O. The third-order valence-electron chi connectivity index (χ3n) is 4.62. The number of rotatable bonds is 6. The third-order valence-corrected chi connectivity index (χ3v) is 5.36. The van der Waals surface area contributed by atoms with Crippen molar-refractivity contribution in [3.05, 3.63) is 51.5 Å². The Balaban J connectivity index is 2.45. The summed E-state index contributed by atoms with van der Waals surface area (Å²) in [6, 6.07) is 8.97. The fraction of sp³-hybridized carbons (Fsp3) is 0.400. The second kappa shape index (κ2) is 8.68. The zero-order valence-corrected chi connectivity index (χ0v) is 16.6. The lowest BCUT2D eigenvalue weighted by Gasteiger charge is -2.18. The van der Waals surface area contributed by atoms with Gasteiger partial charge in [-0.15, -0.1) is 0 Å². The highest BCUT2D eigenvalue weighted by atomic mass is 35.5. The van der Waals surface area contributed by atoms with Crippen molar-refractivity contribution in [1.29, 1.82) is 0 Å². The van der Waals surface area contributed by atoms with E-state index in [4.69, 9.17) is 23.2 Å². The summed E-state index contributed by atoms with van der Waals surface area (Å²) in [6.45, 7) is 8.43. The van der Waals surface area contributed by atoms with Gasteiger partial charge in [0.1, 0.15) is 5.75 Å². The van der Waals surface area contributed by atoms with Crippen LogP contribution in [0.4, 0.5) is 11.4 Å². The van der Waals surface area contributed by atoms with E-state index in [1.54, 1.807) is 18.2 Å². The first kappa shape index (κ1) is 19.7. The first-order valence-electron chi connectivity index (χ1n) is 8.60. The highest BCUT2D eigenvalue weighted by Crippen LogP contribution is 2.39. The van der Waals surface area contributed by atoms with E-state index in [2.05, 4.69) is 37.9 Å². The number of hydrogen-bond donors (Lipinski definition) is 1. The molecule has 0 spiro atoms. The van der Waals surface area contributed by atoms with Crippen LogP contribution in [0, 0.1) is 0 Å². The molecule has 0 radical (unpaired) electrons. The maximum atomic E-state index is 10.7. The van der Waals surface area contributed by atoms with Crippen LogP contribution in [0.5, 0.6) is 5.75 Å². The monoisotopic (exact) mass is 378 g/mol. The highest BCUT2D eigenvalue weighted by molar-refractivity contribution is 6.42. The molecule has 0 fully saturated rings. The lowest BCUT2D eigenvalue weighted by atomic mass is 9.89. The van der Waals surface area contributed by atoms with Gasteiger partial charge in [-0.25, -0.2) is 0 Å². The van der Waals surface area contributed by atoms with E-state index in [1.165, 1.54) is 0 Å². The summed E-state index contributed by atoms with van der Waals surface area (Å²) in [5, 5.41) is 20.2. The Morgan fingerprint density at radius 1 is 0.840 bits per heavy atom. The average molecular weight is 379 g/mol. The van der Waals surface area contributed by atoms with E-state index in [0.29, 0.717) is 21.5 Å². The molecule has 2 aromatic rings. The van der Waals surface area contributed by atoms with Gasteiger partial charge in [0.25, 0.3) is 0 Å². The largest absolute Gasteiger partial charge is 0.507 e. The predicted molar refractivity (Wildman–Crippen MR) is 106 cm³/mol. The van der Waals surface area contributed by atoms with Crippen LogP contribution in [-0.4, -0.2) is 5.11 Å². The highest BCUT2D eigenvalue weighted by Gasteiger charge is 2.17. The molecule has 2 rings (SSSR count). The molecule has 134 valence electrons. The quantitative estimate of drug-likeness (QED) is 0.506. The van der Waals surface area contributed by atoms with E-state index >= 15 is 0 Å². The van der Waals surface area contributed by atoms with Crippen molar-refractivity contribution < 1.29 is 5.11 Å². The summed E-state index contributed by atoms with van der Waals surface area (Å²) < 4.78 is 0. The Labute approximate surface area is 159 Å². The Kier molecular flexibility index (Phi) is 6.86. The molecule has 0 aliphatic rings. The van der Waals surface area contributed by atoms with Crippen LogP contribution in [-0.2, 0) is 0 Å². The molecular weight excluding hydrogens is 355 g/mol. The molecule has 0 aliphatic heterocycles. The van der Waals surface area contributed by atoms with Crippen molar-refractivity contribution in [2.45, 2.75) is 52.4 Å². The number of halogens is 2. The second-order valence-corrected chi connectivity index (χ2v) is 7.20. The summed E-state index contributed by atoms with van der Waals surface area (Å²) in [5.74, 6) is 0.892. The van der Waals surface area contributed by atoms with Gasteiger partial charge in [-0.1, -0.05) is 50.9 Å². The molecule has 3 nitrogen and oxygen atoms in total. The van der Waals surface area contributed by atoms with Crippen molar-refractivity contribution in [2.75, 3.05) is 0 Å². The summed E-state index contributed by atoms with van der Waals surface area (Å²) >= 11 is 11.9. The maximum absolute atomic E-state index is 10.7. The van der Waals surface area contributed by atoms with Crippen LogP contribution in [0.15, 0.2) is 40.6 Å². The van der Waals surface area contributed by atoms with Crippen LogP contribution >= 0.6 is 23.2 Å². The van der Waals surface area contributed by atoms with E-state index in [-0.39, 0.29) is 11.8 Å². The summed E-state index contributed by atoms with van der Waals surface area (Å²) in [7, 11) is 0. The maximum Gasteiger partial charge on any atom is 0.122 e. The minimum atomic E-state index is 0.253. The molecule has 25 heavy (non-hydrogen) atoms. The van der Waals surface area contributed by atoms with Crippen molar-refractivity contribution in [3.8, 4) is 5.75 Å². The molecule has 0 saturated carbocycles. The van der Waals surface area contributed by atoms with Crippen LogP contribution in [0.25, 0.3) is 0 Å². The minimum absolute atomic E-state index is 0.253. The Morgan fingerprint density at radius 2 is 1.36 bits per heavy atom. The summed E-state index contributed by atoms with van der Waals surface area (Å²) in [6.07, 6.45) is 1.89. The van der Waals surface area contributed by atoms with E-state index in [0.717, 1.165) is 29.7 Å². The SMILES string of the molecule is CCC(C)c1cc(/N=N/c2ccc(Cl)c(Cl)c2)cc(C(C)CC)c1O. The summed E-state index contributed by atoms with van der Waals surface area (Å²) in [5.41, 5.74) is 3.21. The van der Waals surface area contributed by atoms with Gasteiger partial charge in [-0.05, 0) is 66.1 Å². The number of aromatic hydroxyl groups is 1. The fourth-order valence-electron chi connectivity index (χ4n) is 2.58. The molecule has 0 heterocycles. The van der Waals surface area contributed by atoms with Crippen molar-refractivity contribution >= 4 is 34.6 Å². The molecule has 2 atom stereocenters. The van der Waals surface area contributed by atoms with Crippen LogP contribution < -0.4 is 0 Å². The first-order chi connectivity index (χ1) is 11.9. The van der Waals surface area contributed by atoms with Gasteiger partial charge in [0.15, 0.2) is 0 Å². The van der Waals surface area contributed by atoms with Gasteiger partial charge in [0, 0.05) is 0 Å². The number of benzene rings is 2. The molecule has 0 bridgehead atoms. The van der Waals surface area contributed by atoms with Gasteiger partial charge in [-0.2, -0.15) is 10.2 Å². The lowest BCUT2D eigenvalue weighted by Crippen LogP contribution is -1.98. The molecule has 2 unspecified atom stereocenters. The summed E-state index contributed by atoms with van der Waals surface area (Å²) in [4.78, 5) is 0. The molecule has 0 saturated heterocycles. The first-order valence-corrected chi connectivity index (χ1v) is 9.36. The molecule has 0 aliphatic carbocycles. The Morgan fingerprint density at radius 3 is 1.84 bits per heavy atom. The van der Waals surface area contributed by atoms with Crippen LogP contribution in [0.2, 0.25) is 10.0 Å². The van der Waals surface area contributed by atoms with Crippen molar-refractivity contribution in [3.63, 3.8) is 0 Å². The molecule has 0 amide bonds. The average Bonchev–Trinajstić information content (AvgIpc) is 2.62. The second-order valence-electron chi connectivity index (χ2n) is 6.39. The van der Waals surface area contributed by atoms with Gasteiger partial charge in [0.05, 0.1) is 21.4 Å². The van der Waals surface area contributed by atoms with Crippen molar-refractivity contribution in [2.24, 2.45) is 10.2 Å². The number of nitrogens with zero attached hydrogens (tertiary/aromatic N) is 2. The van der Waals surface area contributed by atoms with Gasteiger partial charge < -0.3 is 5.11 Å². The van der Waals surface area contributed by atoms with Gasteiger partial charge in [-0.3, -0.25) is 0 Å². The van der Waals surface area contributed by atoms with E-state index in [1.807, 2.05) is 12.1 Å². The van der Waals surface area contributed by atoms with Gasteiger partial charge in [0.2, 0.25) is 0 Å². The lowest BCUT2D eigenvalue weighted by molar-refractivity contribution is 0.449. The topological polar surface area (TPSA) is 45.0 Å². The Bertz CT molecular complexity index is 743. The van der Waals surface area contributed by atoms with Crippen molar-refractivity contribution in [1.82, 2.24) is 0 Å². The smallest absolute Gasteiger partial charge is 0.122 e. The van der Waals surface area contributed by atoms with E-state index < -0.39 is 0 Å². The molecule has 0 aromatic heterocycles. The normalized spacial score (nSPS) is 14.0. The van der Waals surface area contributed by atoms with Gasteiger partial charge >= 0.3 is 0 Å².